The van der Waals surface area contributed by atoms with Gasteiger partial charge in [-0.25, -0.2) is 13.0 Å². The molecular formula is C40H25F9O2S. The van der Waals surface area contributed by atoms with Gasteiger partial charge < -0.3 is 4.18 Å². The fraction of sp³-hybridized carbons (Fsp3) is 0.150. The van der Waals surface area contributed by atoms with Crippen LogP contribution in [0.1, 0.15) is 6.92 Å². The molecule has 0 fully saturated rings. The number of halogens is 9. The van der Waals surface area contributed by atoms with E-state index < -0.39 is 46.0 Å². The number of benzene rings is 7. The minimum absolute atomic E-state index is 0.0220. The molecular weight excluding hydrogens is 715 g/mol. The fourth-order valence-corrected chi connectivity index (χ4v) is 7.58. The van der Waals surface area contributed by atoms with Crippen molar-refractivity contribution in [1.82, 2.24) is 0 Å². The van der Waals surface area contributed by atoms with Gasteiger partial charge in [-0.2, -0.15) is 30.7 Å². The molecule has 3 atom stereocenters. The van der Waals surface area contributed by atoms with Crippen LogP contribution in [0.4, 0.5) is 39.5 Å². The second-order valence-corrected chi connectivity index (χ2v) is 13.5. The highest BCUT2D eigenvalue weighted by molar-refractivity contribution is 7.82. The van der Waals surface area contributed by atoms with Gasteiger partial charge in [-0.15, -0.1) is 0 Å². The number of hydrogen-bond donors (Lipinski definition) is 0. The first kappa shape index (κ1) is 35.3. The summed E-state index contributed by atoms with van der Waals surface area (Å²) in [6.07, 6.45) is -10.8. The fourth-order valence-electron chi connectivity index (χ4n) is 6.56. The molecule has 0 saturated heterocycles. The molecule has 0 bridgehead atoms. The van der Waals surface area contributed by atoms with Crippen LogP contribution in [0.25, 0.3) is 65.3 Å². The van der Waals surface area contributed by atoms with Gasteiger partial charge in [0.25, 0.3) is 11.1 Å². The van der Waals surface area contributed by atoms with E-state index in [0.29, 0.717) is 16.3 Å². The Labute approximate surface area is 293 Å². The molecule has 0 N–H and O–H groups in total. The summed E-state index contributed by atoms with van der Waals surface area (Å²) in [4.78, 5) is 0. The monoisotopic (exact) mass is 740 g/mol. The Morgan fingerprint density at radius 1 is 0.519 bits per heavy atom. The summed E-state index contributed by atoms with van der Waals surface area (Å²) >= 11 is -4.42. The van der Waals surface area contributed by atoms with E-state index in [1.165, 1.54) is 6.07 Å². The minimum Gasteiger partial charge on any atom is -0.397 e. The van der Waals surface area contributed by atoms with Crippen LogP contribution in [0.5, 0.6) is 5.75 Å². The molecule has 52 heavy (non-hydrogen) atoms. The highest BCUT2D eigenvalue weighted by atomic mass is 32.2. The zero-order valence-electron chi connectivity index (χ0n) is 26.8. The van der Waals surface area contributed by atoms with Crippen molar-refractivity contribution in [2.24, 2.45) is 0 Å². The van der Waals surface area contributed by atoms with Gasteiger partial charge in [-0.1, -0.05) is 115 Å². The Kier molecular flexibility index (Phi) is 8.52. The van der Waals surface area contributed by atoms with Crippen molar-refractivity contribution in [2.45, 2.75) is 36.1 Å². The maximum Gasteiger partial charge on any atom is 0.460 e. The van der Waals surface area contributed by atoms with Crippen LogP contribution in [0, 0.1) is 0 Å². The van der Waals surface area contributed by atoms with Gasteiger partial charge in [0.15, 0.2) is 6.17 Å². The average molecular weight is 741 g/mol. The second-order valence-electron chi connectivity index (χ2n) is 12.3. The predicted molar refractivity (Wildman–Crippen MR) is 186 cm³/mol. The van der Waals surface area contributed by atoms with Gasteiger partial charge >= 0.3 is 23.0 Å². The molecule has 0 aromatic heterocycles. The number of hydrogen-bond acceptors (Lipinski definition) is 2. The first-order valence-corrected chi connectivity index (χ1v) is 16.9. The normalized spacial score (nSPS) is 15.2. The lowest BCUT2D eigenvalue weighted by Crippen LogP contribution is -2.67. The highest BCUT2D eigenvalue weighted by Crippen LogP contribution is 2.55. The molecule has 7 aromatic rings. The molecule has 7 aromatic carbocycles. The number of alkyl halides is 9. The Balaban J connectivity index is 1.31. The largest absolute Gasteiger partial charge is 0.460 e. The molecule has 0 radical (unpaired) electrons. The molecule has 0 aliphatic heterocycles. The summed E-state index contributed by atoms with van der Waals surface area (Å²) in [6, 6.07) is 37.6. The molecule has 266 valence electrons. The van der Waals surface area contributed by atoms with E-state index in [1.807, 2.05) is 48.5 Å². The first-order chi connectivity index (χ1) is 24.6. The van der Waals surface area contributed by atoms with E-state index in [1.54, 1.807) is 48.5 Å². The van der Waals surface area contributed by atoms with Crippen LogP contribution in [-0.2, 0) is 11.1 Å². The van der Waals surface area contributed by atoms with E-state index in [4.69, 9.17) is 4.18 Å². The van der Waals surface area contributed by atoms with Crippen LogP contribution in [-0.4, -0.2) is 33.4 Å². The molecule has 0 amide bonds. The summed E-state index contributed by atoms with van der Waals surface area (Å²) in [6.45, 7) is -0.0419. The Hall–Kier alpha value is -5.10. The molecule has 2 nitrogen and oxygen atoms in total. The third kappa shape index (κ3) is 5.37. The molecule has 12 heteroatoms. The summed E-state index contributed by atoms with van der Waals surface area (Å²) < 4.78 is 144. The van der Waals surface area contributed by atoms with Crippen LogP contribution >= 0.6 is 0 Å². The van der Waals surface area contributed by atoms with Gasteiger partial charge in [0.1, 0.15) is 5.75 Å². The van der Waals surface area contributed by atoms with E-state index in [0.717, 1.165) is 49.5 Å². The van der Waals surface area contributed by atoms with Crippen LogP contribution in [0.2, 0.25) is 0 Å². The van der Waals surface area contributed by atoms with Crippen molar-refractivity contribution in [2.75, 3.05) is 0 Å². The lowest BCUT2D eigenvalue weighted by molar-refractivity contribution is -0.373. The van der Waals surface area contributed by atoms with E-state index in [-0.39, 0.29) is 12.5 Å². The van der Waals surface area contributed by atoms with Crippen LogP contribution in [0.3, 0.4) is 0 Å². The summed E-state index contributed by atoms with van der Waals surface area (Å²) in [5.74, 6) is -14.6. The van der Waals surface area contributed by atoms with Crippen molar-refractivity contribution < 1.29 is 47.9 Å². The van der Waals surface area contributed by atoms with Gasteiger partial charge in [0.2, 0.25) is 0 Å². The standard InChI is InChI=1S/C40H25F9O2S/c1-23(41)37(42,38(43,44)39(45,46)40(47,48)49)52(50)51-35-21-19-25-8-2-3-9-28(25)36(35)26-16-14-24(15-17-26)27-18-20-33-31-12-5-4-10-29(31)30-11-6-7-13-32(30)34(33)22-27/h2-23H,1H3/t23-,37?,52?/m1/s1. The maximum atomic E-state index is 15.7. The lowest BCUT2D eigenvalue weighted by atomic mass is 9.91. The highest BCUT2D eigenvalue weighted by Gasteiger charge is 2.84. The smallest absolute Gasteiger partial charge is 0.397 e. The third-order valence-corrected chi connectivity index (χ3v) is 10.6. The van der Waals surface area contributed by atoms with Crippen molar-refractivity contribution in [3.63, 3.8) is 0 Å². The zero-order valence-corrected chi connectivity index (χ0v) is 27.6. The number of fused-ring (bicyclic) bond motifs is 7. The van der Waals surface area contributed by atoms with Crippen molar-refractivity contribution in [3.05, 3.63) is 127 Å². The summed E-state index contributed by atoms with van der Waals surface area (Å²) in [7, 11) is 0. The SMILES string of the molecule is C[C@@H](F)C(F)(S(=O)Oc1ccc2ccccc2c1-c1ccc(-c2ccc3c4ccccc4c4ccccc4c3c2)cc1)C(F)(F)C(F)(F)C(F)(F)F. The maximum absolute atomic E-state index is 15.7. The molecule has 7 rings (SSSR count). The van der Waals surface area contributed by atoms with Gasteiger partial charge in [0, 0.05) is 5.56 Å². The molecule has 0 saturated carbocycles. The Morgan fingerprint density at radius 3 is 1.52 bits per heavy atom. The van der Waals surface area contributed by atoms with Gasteiger partial charge in [-0.05, 0) is 78.8 Å². The minimum atomic E-state index is -7.10. The topological polar surface area (TPSA) is 26.3 Å². The van der Waals surface area contributed by atoms with E-state index >= 15 is 4.39 Å². The van der Waals surface area contributed by atoms with Crippen LogP contribution < -0.4 is 4.18 Å². The predicted octanol–water partition coefficient (Wildman–Crippen LogP) is 12.5. The molecule has 2 unspecified atom stereocenters. The second kappa shape index (κ2) is 12.5. The Morgan fingerprint density at radius 2 is 0.981 bits per heavy atom. The van der Waals surface area contributed by atoms with Crippen molar-refractivity contribution in [3.8, 4) is 28.0 Å². The first-order valence-electron chi connectivity index (χ1n) is 15.8. The quantitative estimate of drug-likeness (QED) is 0.115. The molecule has 0 heterocycles. The van der Waals surface area contributed by atoms with E-state index in [9.17, 15) is 39.3 Å². The third-order valence-electron chi connectivity index (χ3n) is 9.24. The van der Waals surface area contributed by atoms with Crippen molar-refractivity contribution >= 4 is 54.2 Å². The van der Waals surface area contributed by atoms with E-state index in [2.05, 4.69) is 18.2 Å². The lowest BCUT2D eigenvalue weighted by Gasteiger charge is -2.37. The summed E-state index contributed by atoms with van der Waals surface area (Å²) in [5.41, 5.74) is 1.91. The molecule has 0 aliphatic carbocycles. The zero-order chi connectivity index (χ0) is 37.2. The Bertz CT molecular complexity index is 2480. The average Bonchev–Trinajstić information content (AvgIpc) is 3.13. The summed E-state index contributed by atoms with van der Waals surface area (Å²) in [5, 5.41) is 1.64. The van der Waals surface area contributed by atoms with Crippen LogP contribution in [0.15, 0.2) is 127 Å². The number of rotatable bonds is 8. The molecule has 0 aliphatic rings. The van der Waals surface area contributed by atoms with Crippen molar-refractivity contribution in [1.29, 1.82) is 0 Å². The van der Waals surface area contributed by atoms with Gasteiger partial charge in [-0.3, -0.25) is 0 Å². The molecule has 0 spiro atoms. The van der Waals surface area contributed by atoms with Gasteiger partial charge in [0.05, 0.1) is 0 Å².